The van der Waals surface area contributed by atoms with E-state index in [1.165, 1.54) is 11.1 Å². The van der Waals surface area contributed by atoms with Crippen LogP contribution in [0.2, 0.25) is 0 Å². The summed E-state index contributed by atoms with van der Waals surface area (Å²) in [6.07, 6.45) is 4.35. The molecule has 1 fully saturated rings. The Bertz CT molecular complexity index is 717. The first-order valence-electron chi connectivity index (χ1n) is 8.67. The van der Waals surface area contributed by atoms with Gasteiger partial charge >= 0.3 is 0 Å². The SMILES string of the molecule is Cc1nc(C2(NC(=O)CC(C)c3ccccc3C)CCCC2)no1. The van der Waals surface area contributed by atoms with E-state index in [9.17, 15) is 4.79 Å². The zero-order valence-corrected chi connectivity index (χ0v) is 14.6. The van der Waals surface area contributed by atoms with Crippen molar-refractivity contribution in [1.29, 1.82) is 0 Å². The fraction of sp³-hybridized carbons (Fsp3) is 0.526. The summed E-state index contributed by atoms with van der Waals surface area (Å²) < 4.78 is 5.14. The molecular weight excluding hydrogens is 302 g/mol. The number of carbonyl (C=O) groups excluding carboxylic acids is 1. The summed E-state index contributed by atoms with van der Waals surface area (Å²) in [5.41, 5.74) is 1.99. The van der Waals surface area contributed by atoms with Gasteiger partial charge in [0.25, 0.3) is 0 Å². The molecule has 0 aliphatic heterocycles. The maximum atomic E-state index is 12.7. The van der Waals surface area contributed by atoms with Crippen molar-refractivity contribution in [1.82, 2.24) is 15.5 Å². The number of amides is 1. The largest absolute Gasteiger partial charge is 0.343 e. The van der Waals surface area contributed by atoms with Crippen molar-refractivity contribution in [3.8, 4) is 0 Å². The molecule has 1 atom stereocenters. The average Bonchev–Trinajstić information content (AvgIpc) is 3.17. The molecule has 24 heavy (non-hydrogen) atoms. The number of nitrogens with one attached hydrogen (secondary N) is 1. The van der Waals surface area contributed by atoms with E-state index in [4.69, 9.17) is 4.52 Å². The van der Waals surface area contributed by atoms with Crippen molar-refractivity contribution in [3.05, 3.63) is 47.1 Å². The summed E-state index contributed by atoms with van der Waals surface area (Å²) in [6, 6.07) is 8.24. The number of hydrogen-bond acceptors (Lipinski definition) is 4. The van der Waals surface area contributed by atoms with Crippen molar-refractivity contribution < 1.29 is 9.32 Å². The van der Waals surface area contributed by atoms with Gasteiger partial charge in [0.05, 0.1) is 0 Å². The Morgan fingerprint density at radius 2 is 2.00 bits per heavy atom. The lowest BCUT2D eigenvalue weighted by molar-refractivity contribution is -0.123. The topological polar surface area (TPSA) is 68.0 Å². The Balaban J connectivity index is 1.72. The maximum Gasteiger partial charge on any atom is 0.223 e. The van der Waals surface area contributed by atoms with Crippen molar-refractivity contribution >= 4 is 5.91 Å². The molecule has 1 aromatic carbocycles. The van der Waals surface area contributed by atoms with E-state index in [1.807, 2.05) is 12.1 Å². The predicted octanol–water partition coefficient (Wildman–Crippen LogP) is 3.77. The second kappa shape index (κ2) is 6.75. The first-order chi connectivity index (χ1) is 11.5. The smallest absolute Gasteiger partial charge is 0.223 e. The highest BCUT2D eigenvalue weighted by atomic mass is 16.5. The van der Waals surface area contributed by atoms with Gasteiger partial charge in [0.2, 0.25) is 11.8 Å². The highest BCUT2D eigenvalue weighted by Crippen LogP contribution is 2.37. The van der Waals surface area contributed by atoms with Gasteiger partial charge in [0.15, 0.2) is 5.82 Å². The first kappa shape index (κ1) is 16.7. The minimum atomic E-state index is -0.458. The molecule has 0 saturated heterocycles. The maximum absolute atomic E-state index is 12.7. The van der Waals surface area contributed by atoms with Crippen LogP contribution in [0.5, 0.6) is 0 Å². The van der Waals surface area contributed by atoms with Gasteiger partial charge in [-0.05, 0) is 36.8 Å². The molecule has 1 aliphatic carbocycles. The van der Waals surface area contributed by atoms with Gasteiger partial charge < -0.3 is 9.84 Å². The second-order valence-electron chi connectivity index (χ2n) is 6.94. The van der Waals surface area contributed by atoms with Crippen molar-refractivity contribution in [2.75, 3.05) is 0 Å². The third kappa shape index (κ3) is 3.35. The van der Waals surface area contributed by atoms with Gasteiger partial charge in [-0.25, -0.2) is 0 Å². The summed E-state index contributed by atoms with van der Waals surface area (Å²) in [5.74, 6) is 1.39. The lowest BCUT2D eigenvalue weighted by Crippen LogP contribution is -2.45. The highest BCUT2D eigenvalue weighted by molar-refractivity contribution is 5.78. The molecule has 1 aliphatic rings. The molecule has 5 heteroatoms. The fourth-order valence-corrected chi connectivity index (χ4v) is 3.72. The quantitative estimate of drug-likeness (QED) is 0.908. The molecule has 1 unspecified atom stereocenters. The molecule has 3 rings (SSSR count). The van der Waals surface area contributed by atoms with Crippen molar-refractivity contribution in [3.63, 3.8) is 0 Å². The summed E-state index contributed by atoms with van der Waals surface area (Å²) in [7, 11) is 0. The van der Waals surface area contributed by atoms with Crippen LogP contribution in [-0.4, -0.2) is 16.0 Å². The van der Waals surface area contributed by atoms with Crippen LogP contribution in [0.1, 0.15) is 67.8 Å². The lowest BCUT2D eigenvalue weighted by atomic mass is 9.92. The van der Waals surface area contributed by atoms with E-state index in [-0.39, 0.29) is 11.8 Å². The Labute approximate surface area is 142 Å². The Morgan fingerprint density at radius 1 is 1.29 bits per heavy atom. The van der Waals surface area contributed by atoms with Crippen molar-refractivity contribution in [2.45, 2.75) is 64.3 Å². The summed E-state index contributed by atoms with van der Waals surface area (Å²) in [6.45, 7) is 5.97. The van der Waals surface area contributed by atoms with E-state index in [1.54, 1.807) is 6.92 Å². The Morgan fingerprint density at radius 3 is 2.62 bits per heavy atom. The minimum Gasteiger partial charge on any atom is -0.343 e. The lowest BCUT2D eigenvalue weighted by Gasteiger charge is -2.27. The molecule has 1 N–H and O–H groups in total. The highest BCUT2D eigenvalue weighted by Gasteiger charge is 2.41. The van der Waals surface area contributed by atoms with E-state index in [2.05, 4.69) is 41.4 Å². The first-order valence-corrected chi connectivity index (χ1v) is 8.67. The zero-order valence-electron chi connectivity index (χ0n) is 14.6. The molecule has 1 aromatic heterocycles. The number of hydrogen-bond donors (Lipinski definition) is 1. The van der Waals surface area contributed by atoms with Crippen LogP contribution in [0.25, 0.3) is 0 Å². The van der Waals surface area contributed by atoms with Crippen LogP contribution in [0.15, 0.2) is 28.8 Å². The molecule has 128 valence electrons. The molecule has 5 nitrogen and oxygen atoms in total. The summed E-state index contributed by atoms with van der Waals surface area (Å²) in [5, 5.41) is 7.29. The van der Waals surface area contributed by atoms with Crippen LogP contribution >= 0.6 is 0 Å². The normalized spacial score (nSPS) is 17.6. The van der Waals surface area contributed by atoms with Crippen LogP contribution < -0.4 is 5.32 Å². The van der Waals surface area contributed by atoms with Gasteiger partial charge in [-0.1, -0.05) is 49.2 Å². The minimum absolute atomic E-state index is 0.0510. The Kier molecular flexibility index (Phi) is 4.69. The molecule has 1 heterocycles. The van der Waals surface area contributed by atoms with Gasteiger partial charge in [0.1, 0.15) is 5.54 Å². The number of nitrogens with zero attached hydrogens (tertiary/aromatic N) is 2. The third-order valence-electron chi connectivity index (χ3n) is 5.00. The van der Waals surface area contributed by atoms with Gasteiger partial charge in [0, 0.05) is 13.3 Å². The second-order valence-corrected chi connectivity index (χ2v) is 6.94. The summed E-state index contributed by atoms with van der Waals surface area (Å²) in [4.78, 5) is 17.1. The van der Waals surface area contributed by atoms with Crippen LogP contribution in [-0.2, 0) is 10.3 Å². The standard InChI is InChI=1S/C19H25N3O2/c1-13-8-4-5-9-16(13)14(2)12-17(23)21-19(10-6-7-11-19)18-20-15(3)24-22-18/h4-5,8-9,14H,6-7,10-12H2,1-3H3,(H,21,23). The molecular formula is C19H25N3O2. The fourth-order valence-electron chi connectivity index (χ4n) is 3.72. The molecule has 0 bridgehead atoms. The number of aromatic nitrogens is 2. The number of aryl methyl sites for hydroxylation is 2. The van der Waals surface area contributed by atoms with Gasteiger partial charge in [-0.15, -0.1) is 0 Å². The molecule has 1 saturated carbocycles. The van der Waals surface area contributed by atoms with E-state index >= 15 is 0 Å². The van der Waals surface area contributed by atoms with E-state index in [0.717, 1.165) is 25.7 Å². The van der Waals surface area contributed by atoms with E-state index < -0.39 is 5.54 Å². The molecule has 2 aromatic rings. The number of rotatable bonds is 5. The third-order valence-corrected chi connectivity index (χ3v) is 5.00. The zero-order chi connectivity index (χ0) is 17.2. The number of carbonyl (C=O) groups is 1. The Hall–Kier alpha value is -2.17. The average molecular weight is 327 g/mol. The van der Waals surface area contributed by atoms with Crippen LogP contribution in [0, 0.1) is 13.8 Å². The summed E-state index contributed by atoms with van der Waals surface area (Å²) >= 11 is 0. The van der Waals surface area contributed by atoms with Crippen LogP contribution in [0.4, 0.5) is 0 Å². The van der Waals surface area contributed by atoms with Crippen molar-refractivity contribution in [2.24, 2.45) is 0 Å². The number of benzene rings is 1. The molecule has 0 radical (unpaired) electrons. The predicted molar refractivity (Wildman–Crippen MR) is 91.5 cm³/mol. The van der Waals surface area contributed by atoms with Gasteiger partial charge in [-0.2, -0.15) is 4.98 Å². The van der Waals surface area contributed by atoms with Crippen LogP contribution in [0.3, 0.4) is 0 Å². The molecule has 1 amide bonds. The van der Waals surface area contributed by atoms with Gasteiger partial charge in [-0.3, -0.25) is 4.79 Å². The molecule has 0 spiro atoms. The monoisotopic (exact) mass is 327 g/mol. The van der Waals surface area contributed by atoms with E-state index in [0.29, 0.717) is 18.1 Å².